The highest BCUT2D eigenvalue weighted by atomic mass is 16.1. The standard InChI is InChI=1S/C14H22O/c1-9(15)12-6-7-13(2)10-4-5-11(8-10)14(12,13)3/h10-12H,4-8H2,1-3H3. The number of carbonyl (C=O) groups excluding carboxylic acids is 1. The van der Waals surface area contributed by atoms with Crippen LogP contribution in [0, 0.1) is 28.6 Å². The predicted molar refractivity (Wildman–Crippen MR) is 60.5 cm³/mol. The fourth-order valence-electron chi connectivity index (χ4n) is 5.54. The smallest absolute Gasteiger partial charge is 0.133 e. The Kier molecular flexibility index (Phi) is 1.76. The first-order valence-electron chi connectivity index (χ1n) is 6.50. The van der Waals surface area contributed by atoms with Crippen molar-refractivity contribution in [2.75, 3.05) is 0 Å². The second-order valence-corrected chi connectivity index (χ2v) is 6.61. The average Bonchev–Trinajstić information content (AvgIpc) is 2.75. The lowest BCUT2D eigenvalue weighted by molar-refractivity contribution is -0.127. The van der Waals surface area contributed by atoms with Crippen LogP contribution in [-0.2, 0) is 4.79 Å². The Morgan fingerprint density at radius 1 is 1.13 bits per heavy atom. The van der Waals surface area contributed by atoms with Crippen LogP contribution in [0.4, 0.5) is 0 Å². The molecule has 0 saturated heterocycles. The number of hydrogen-bond donors (Lipinski definition) is 0. The summed E-state index contributed by atoms with van der Waals surface area (Å²) in [6.07, 6.45) is 6.70. The van der Waals surface area contributed by atoms with Crippen LogP contribution in [0.3, 0.4) is 0 Å². The van der Waals surface area contributed by atoms with Crippen molar-refractivity contribution < 1.29 is 4.79 Å². The van der Waals surface area contributed by atoms with Crippen molar-refractivity contribution >= 4 is 5.78 Å². The SMILES string of the molecule is CC(=O)C1CCC2(C)C3CCC(C3)C12C. The molecule has 3 fully saturated rings. The van der Waals surface area contributed by atoms with E-state index in [1.165, 1.54) is 25.7 Å². The van der Waals surface area contributed by atoms with E-state index in [1.54, 1.807) is 0 Å². The minimum Gasteiger partial charge on any atom is -0.300 e. The molecule has 5 atom stereocenters. The fourth-order valence-corrected chi connectivity index (χ4v) is 5.54. The molecule has 0 aromatic carbocycles. The lowest BCUT2D eigenvalue weighted by Crippen LogP contribution is -2.43. The molecule has 2 bridgehead atoms. The van der Waals surface area contributed by atoms with Crippen LogP contribution in [0.15, 0.2) is 0 Å². The third-order valence-corrected chi connectivity index (χ3v) is 6.58. The van der Waals surface area contributed by atoms with Crippen molar-refractivity contribution in [2.45, 2.75) is 52.9 Å². The van der Waals surface area contributed by atoms with Gasteiger partial charge in [-0.15, -0.1) is 0 Å². The molecule has 1 nitrogen and oxygen atoms in total. The van der Waals surface area contributed by atoms with Gasteiger partial charge in [0.2, 0.25) is 0 Å². The van der Waals surface area contributed by atoms with E-state index in [9.17, 15) is 4.79 Å². The van der Waals surface area contributed by atoms with Crippen molar-refractivity contribution in [3.05, 3.63) is 0 Å². The molecule has 0 spiro atoms. The third-order valence-electron chi connectivity index (χ3n) is 6.58. The van der Waals surface area contributed by atoms with Gasteiger partial charge in [-0.1, -0.05) is 13.8 Å². The van der Waals surface area contributed by atoms with Gasteiger partial charge >= 0.3 is 0 Å². The Morgan fingerprint density at radius 2 is 1.80 bits per heavy atom. The van der Waals surface area contributed by atoms with E-state index in [-0.39, 0.29) is 0 Å². The van der Waals surface area contributed by atoms with Crippen molar-refractivity contribution in [1.82, 2.24) is 0 Å². The van der Waals surface area contributed by atoms with E-state index in [2.05, 4.69) is 13.8 Å². The van der Waals surface area contributed by atoms with E-state index in [4.69, 9.17) is 0 Å². The fraction of sp³-hybridized carbons (Fsp3) is 0.929. The maximum atomic E-state index is 11.8. The zero-order valence-electron chi connectivity index (χ0n) is 10.2. The molecule has 84 valence electrons. The largest absolute Gasteiger partial charge is 0.300 e. The van der Waals surface area contributed by atoms with Gasteiger partial charge < -0.3 is 0 Å². The van der Waals surface area contributed by atoms with Gasteiger partial charge in [0.25, 0.3) is 0 Å². The summed E-state index contributed by atoms with van der Waals surface area (Å²) in [5.74, 6) is 2.60. The molecular weight excluding hydrogens is 184 g/mol. The summed E-state index contributed by atoms with van der Waals surface area (Å²) in [5, 5.41) is 0. The molecule has 0 radical (unpaired) electrons. The maximum absolute atomic E-state index is 11.8. The number of fused-ring (bicyclic) bond motifs is 5. The number of hydrogen-bond acceptors (Lipinski definition) is 1. The van der Waals surface area contributed by atoms with E-state index < -0.39 is 0 Å². The molecule has 1 heteroatoms. The summed E-state index contributed by atoms with van der Waals surface area (Å²) >= 11 is 0. The molecule has 3 saturated carbocycles. The number of carbonyl (C=O) groups is 1. The minimum absolute atomic E-state index is 0.349. The Labute approximate surface area is 92.6 Å². The van der Waals surface area contributed by atoms with E-state index in [1.807, 2.05) is 6.92 Å². The van der Waals surface area contributed by atoms with Gasteiger partial charge in [-0.05, 0) is 61.7 Å². The first-order chi connectivity index (χ1) is 7.00. The lowest BCUT2D eigenvalue weighted by Gasteiger charge is -2.47. The Hall–Kier alpha value is -0.330. The molecule has 3 aliphatic carbocycles. The molecule has 0 aromatic heterocycles. The first kappa shape index (κ1) is 9.86. The third kappa shape index (κ3) is 0.893. The molecule has 0 N–H and O–H groups in total. The zero-order valence-corrected chi connectivity index (χ0v) is 10.2. The van der Waals surface area contributed by atoms with Gasteiger partial charge in [-0.3, -0.25) is 4.79 Å². The topological polar surface area (TPSA) is 17.1 Å². The molecular formula is C14H22O. The summed E-state index contributed by atoms with van der Waals surface area (Å²) in [5.41, 5.74) is 0.841. The molecule has 0 aromatic rings. The molecule has 3 rings (SSSR count). The summed E-state index contributed by atoms with van der Waals surface area (Å²) in [7, 11) is 0. The Balaban J connectivity index is 2.06. The van der Waals surface area contributed by atoms with Gasteiger partial charge in [0, 0.05) is 5.92 Å². The molecule has 3 aliphatic rings. The number of rotatable bonds is 1. The lowest BCUT2D eigenvalue weighted by atomic mass is 9.56. The minimum atomic E-state index is 0.349. The van der Waals surface area contributed by atoms with Gasteiger partial charge in [-0.25, -0.2) is 0 Å². The van der Waals surface area contributed by atoms with Crippen molar-refractivity contribution in [1.29, 1.82) is 0 Å². The summed E-state index contributed by atoms with van der Waals surface area (Å²) in [4.78, 5) is 11.8. The average molecular weight is 206 g/mol. The highest BCUT2D eigenvalue weighted by Crippen LogP contribution is 2.74. The van der Waals surface area contributed by atoms with Crippen LogP contribution in [0.25, 0.3) is 0 Å². The van der Waals surface area contributed by atoms with E-state index in [0.717, 1.165) is 18.3 Å². The van der Waals surface area contributed by atoms with E-state index in [0.29, 0.717) is 22.5 Å². The summed E-state index contributed by atoms with van der Waals surface area (Å²) in [6, 6.07) is 0. The van der Waals surface area contributed by atoms with E-state index >= 15 is 0 Å². The Bertz CT molecular complexity index is 321. The van der Waals surface area contributed by atoms with Gasteiger partial charge in [-0.2, -0.15) is 0 Å². The Morgan fingerprint density at radius 3 is 2.47 bits per heavy atom. The van der Waals surface area contributed by atoms with Gasteiger partial charge in [0.15, 0.2) is 0 Å². The summed E-state index contributed by atoms with van der Waals surface area (Å²) in [6.45, 7) is 6.71. The van der Waals surface area contributed by atoms with Crippen LogP contribution >= 0.6 is 0 Å². The van der Waals surface area contributed by atoms with Crippen molar-refractivity contribution in [3.8, 4) is 0 Å². The highest BCUT2D eigenvalue weighted by molar-refractivity contribution is 5.80. The van der Waals surface area contributed by atoms with Crippen LogP contribution in [-0.4, -0.2) is 5.78 Å². The van der Waals surface area contributed by atoms with Gasteiger partial charge in [0.1, 0.15) is 5.78 Å². The van der Waals surface area contributed by atoms with Crippen molar-refractivity contribution in [3.63, 3.8) is 0 Å². The molecule has 5 unspecified atom stereocenters. The van der Waals surface area contributed by atoms with Crippen LogP contribution in [0.1, 0.15) is 52.9 Å². The van der Waals surface area contributed by atoms with Crippen LogP contribution in [0.5, 0.6) is 0 Å². The number of Topliss-reactive ketones (excluding diaryl/α,β-unsaturated/α-hetero) is 1. The molecule has 0 aliphatic heterocycles. The second-order valence-electron chi connectivity index (χ2n) is 6.61. The molecule has 15 heavy (non-hydrogen) atoms. The highest BCUT2D eigenvalue weighted by Gasteiger charge is 2.68. The normalized spacial score (nSPS) is 57.1. The van der Waals surface area contributed by atoms with Crippen molar-refractivity contribution in [2.24, 2.45) is 28.6 Å². The predicted octanol–water partition coefficient (Wildman–Crippen LogP) is 3.43. The summed E-state index contributed by atoms with van der Waals surface area (Å²) < 4.78 is 0. The molecule has 0 amide bonds. The second kappa shape index (κ2) is 2.67. The van der Waals surface area contributed by atoms with Crippen LogP contribution in [0.2, 0.25) is 0 Å². The van der Waals surface area contributed by atoms with Gasteiger partial charge in [0.05, 0.1) is 0 Å². The zero-order chi connectivity index (χ0) is 10.8. The van der Waals surface area contributed by atoms with Crippen LogP contribution < -0.4 is 0 Å². The first-order valence-corrected chi connectivity index (χ1v) is 6.50. The quantitative estimate of drug-likeness (QED) is 0.642. The maximum Gasteiger partial charge on any atom is 0.133 e. The number of ketones is 1. The monoisotopic (exact) mass is 206 g/mol. The molecule has 0 heterocycles.